The fraction of sp³-hybridized carbons (Fsp3) is 0.290. The van der Waals surface area contributed by atoms with E-state index in [9.17, 15) is 4.79 Å². The van der Waals surface area contributed by atoms with Crippen LogP contribution in [0.1, 0.15) is 58.2 Å². The molecule has 0 bridgehead atoms. The van der Waals surface area contributed by atoms with Gasteiger partial charge in [0.15, 0.2) is 5.78 Å². The summed E-state index contributed by atoms with van der Waals surface area (Å²) in [4.78, 5) is 20.4. The molecule has 4 aromatic rings. The highest BCUT2D eigenvalue weighted by atomic mass is 19.1. The van der Waals surface area contributed by atoms with Crippen LogP contribution in [0.3, 0.4) is 0 Å². The number of benzene rings is 3. The van der Waals surface area contributed by atoms with Gasteiger partial charge in [-0.3, -0.25) is 14.3 Å². The number of hydrogen-bond donors (Lipinski definition) is 2. The first-order valence-corrected chi connectivity index (χ1v) is 13.3. The van der Waals surface area contributed by atoms with Crippen LogP contribution in [0.4, 0.5) is 4.39 Å². The predicted molar refractivity (Wildman–Crippen MR) is 146 cm³/mol. The monoisotopic (exact) mass is 509 g/mol. The Balaban J connectivity index is 1.25. The molecule has 3 N–H and O–H groups in total. The van der Waals surface area contributed by atoms with Crippen LogP contribution in [0.2, 0.25) is 0 Å². The zero-order chi connectivity index (χ0) is 26.1. The fourth-order valence-corrected chi connectivity index (χ4v) is 5.73. The number of nitrogens with one attached hydrogen (secondary N) is 1. The number of Topliss-reactive ketones (excluding diaryl/α,β-unsaturated/α-hetero) is 1. The molecule has 1 unspecified atom stereocenters. The third-order valence-corrected chi connectivity index (χ3v) is 7.73. The van der Waals surface area contributed by atoms with Gasteiger partial charge in [0.25, 0.3) is 0 Å². The average Bonchev–Trinajstić information content (AvgIpc) is 3.58. The second-order valence-electron chi connectivity index (χ2n) is 10.2. The minimum atomic E-state index is -0.436. The molecule has 1 atom stereocenters. The second-order valence-corrected chi connectivity index (χ2v) is 10.2. The molecule has 0 aliphatic carbocycles. The quantitative estimate of drug-likeness (QED) is 0.376. The van der Waals surface area contributed by atoms with Crippen LogP contribution in [0.5, 0.6) is 0 Å². The van der Waals surface area contributed by atoms with Crippen LogP contribution in [0.25, 0.3) is 16.8 Å². The van der Waals surface area contributed by atoms with Crippen molar-refractivity contribution in [1.82, 2.24) is 19.8 Å². The highest BCUT2D eigenvalue weighted by molar-refractivity contribution is 5.97. The van der Waals surface area contributed by atoms with Gasteiger partial charge in [0.1, 0.15) is 17.8 Å². The smallest absolute Gasteiger partial charge is 0.183 e. The third kappa shape index (κ3) is 4.80. The standard InChI is InChI=1S/C31H32FN5O/c32-27-15-22(25-9-2-1-7-23(25)19-36-12-3-4-13-36)10-11-26(27)28-16-30(38)31-29(18-34-28)35-20-37(31)24-8-5-6-21(14-24)17-33/h1-2,5-11,14-15,20,28,34H,3-4,12-13,16-19,33H2. The highest BCUT2D eigenvalue weighted by Crippen LogP contribution is 2.32. The predicted octanol–water partition coefficient (Wildman–Crippen LogP) is 5.15. The molecule has 6 rings (SSSR count). The first-order valence-electron chi connectivity index (χ1n) is 13.3. The molecular formula is C31H32FN5O. The number of aromatic nitrogens is 2. The number of halogens is 1. The van der Waals surface area contributed by atoms with Crippen molar-refractivity contribution in [3.8, 4) is 16.8 Å². The molecule has 1 fully saturated rings. The first-order chi connectivity index (χ1) is 18.6. The molecule has 0 radical (unpaired) electrons. The number of ketones is 1. The van der Waals surface area contributed by atoms with E-state index in [1.165, 1.54) is 18.4 Å². The van der Waals surface area contributed by atoms with E-state index in [1.54, 1.807) is 12.4 Å². The maximum Gasteiger partial charge on any atom is 0.183 e. The SMILES string of the molecule is NCc1cccc(-n2cnc3c2C(=O)CC(c2ccc(-c4ccccc4CN4CCCC4)cc2F)NC3)c1. The summed E-state index contributed by atoms with van der Waals surface area (Å²) in [7, 11) is 0. The average molecular weight is 510 g/mol. The molecule has 0 amide bonds. The molecule has 3 aromatic carbocycles. The van der Waals surface area contributed by atoms with Gasteiger partial charge in [0, 0.05) is 43.3 Å². The topological polar surface area (TPSA) is 76.2 Å². The summed E-state index contributed by atoms with van der Waals surface area (Å²) in [6, 6.07) is 21.0. The maximum absolute atomic E-state index is 15.6. The normalized spacial score (nSPS) is 17.9. The van der Waals surface area contributed by atoms with Gasteiger partial charge < -0.3 is 11.1 Å². The van der Waals surface area contributed by atoms with Gasteiger partial charge in [-0.15, -0.1) is 0 Å². The van der Waals surface area contributed by atoms with E-state index >= 15 is 4.39 Å². The molecule has 7 heteroatoms. The fourth-order valence-electron chi connectivity index (χ4n) is 5.73. The molecule has 2 aliphatic heterocycles. The summed E-state index contributed by atoms with van der Waals surface area (Å²) in [5, 5.41) is 3.37. The van der Waals surface area contributed by atoms with E-state index in [1.807, 2.05) is 53.1 Å². The van der Waals surface area contributed by atoms with E-state index < -0.39 is 6.04 Å². The number of carbonyl (C=O) groups is 1. The number of fused-ring (bicyclic) bond motifs is 1. The number of hydrogen-bond acceptors (Lipinski definition) is 5. The van der Waals surface area contributed by atoms with Gasteiger partial charge in [-0.2, -0.15) is 0 Å². The van der Waals surface area contributed by atoms with E-state index in [-0.39, 0.29) is 18.0 Å². The Morgan fingerprint density at radius 1 is 1.03 bits per heavy atom. The van der Waals surface area contributed by atoms with Crippen molar-refractivity contribution in [3.63, 3.8) is 0 Å². The molecule has 3 heterocycles. The molecule has 6 nitrogen and oxygen atoms in total. The Morgan fingerprint density at radius 3 is 2.68 bits per heavy atom. The van der Waals surface area contributed by atoms with E-state index in [0.29, 0.717) is 30.0 Å². The molecular weight excluding hydrogens is 477 g/mol. The van der Waals surface area contributed by atoms with Gasteiger partial charge in [-0.25, -0.2) is 9.37 Å². The number of imidazole rings is 1. The number of carbonyl (C=O) groups excluding carboxylic acids is 1. The van der Waals surface area contributed by atoms with Crippen molar-refractivity contribution in [2.45, 2.75) is 44.9 Å². The van der Waals surface area contributed by atoms with Crippen molar-refractivity contribution in [2.75, 3.05) is 13.1 Å². The number of nitrogens with zero attached hydrogens (tertiary/aromatic N) is 3. The molecule has 0 spiro atoms. The number of rotatable bonds is 6. The maximum atomic E-state index is 15.6. The minimum Gasteiger partial charge on any atom is -0.326 e. The Bertz CT molecular complexity index is 1470. The number of nitrogens with two attached hydrogens (primary N) is 1. The lowest BCUT2D eigenvalue weighted by molar-refractivity contribution is 0.0966. The Morgan fingerprint density at radius 2 is 1.87 bits per heavy atom. The van der Waals surface area contributed by atoms with Gasteiger partial charge in [0.05, 0.1) is 5.69 Å². The summed E-state index contributed by atoms with van der Waals surface area (Å²) < 4.78 is 17.4. The summed E-state index contributed by atoms with van der Waals surface area (Å²) in [6.07, 6.45) is 4.30. The van der Waals surface area contributed by atoms with E-state index in [0.717, 1.165) is 42.0 Å². The molecule has 194 valence electrons. The first kappa shape index (κ1) is 24.7. The lowest BCUT2D eigenvalue weighted by Crippen LogP contribution is -2.22. The molecule has 1 saturated heterocycles. The second kappa shape index (κ2) is 10.6. The summed E-state index contributed by atoms with van der Waals surface area (Å²) >= 11 is 0. The van der Waals surface area contributed by atoms with Gasteiger partial charge >= 0.3 is 0 Å². The van der Waals surface area contributed by atoms with Gasteiger partial charge in [0.2, 0.25) is 0 Å². The Kier molecular flexibility index (Phi) is 6.89. The van der Waals surface area contributed by atoms with Crippen molar-refractivity contribution < 1.29 is 9.18 Å². The molecule has 2 aliphatic rings. The van der Waals surface area contributed by atoms with Crippen LogP contribution in [0.15, 0.2) is 73.1 Å². The van der Waals surface area contributed by atoms with Crippen molar-refractivity contribution >= 4 is 5.78 Å². The molecule has 38 heavy (non-hydrogen) atoms. The van der Waals surface area contributed by atoms with Crippen LogP contribution in [-0.4, -0.2) is 33.3 Å². The lowest BCUT2D eigenvalue weighted by Gasteiger charge is -2.19. The van der Waals surface area contributed by atoms with E-state index in [4.69, 9.17) is 5.73 Å². The molecule has 0 saturated carbocycles. The van der Waals surface area contributed by atoms with Crippen LogP contribution < -0.4 is 11.1 Å². The third-order valence-electron chi connectivity index (χ3n) is 7.73. The Labute approximate surface area is 222 Å². The van der Waals surface area contributed by atoms with Gasteiger partial charge in [-0.05, 0) is 66.4 Å². The zero-order valence-corrected chi connectivity index (χ0v) is 21.4. The van der Waals surface area contributed by atoms with Crippen LogP contribution in [-0.2, 0) is 19.6 Å². The minimum absolute atomic E-state index is 0.0647. The zero-order valence-electron chi connectivity index (χ0n) is 21.4. The summed E-state index contributed by atoms with van der Waals surface area (Å²) in [5.41, 5.74) is 12.5. The van der Waals surface area contributed by atoms with Crippen molar-refractivity contribution in [2.24, 2.45) is 5.73 Å². The summed E-state index contributed by atoms with van der Waals surface area (Å²) in [6.45, 7) is 3.90. The van der Waals surface area contributed by atoms with Crippen LogP contribution >= 0.6 is 0 Å². The highest BCUT2D eigenvalue weighted by Gasteiger charge is 2.29. The Hall–Kier alpha value is -3.65. The summed E-state index contributed by atoms with van der Waals surface area (Å²) in [5.74, 6) is -0.369. The molecule has 1 aromatic heterocycles. The van der Waals surface area contributed by atoms with Gasteiger partial charge in [-0.1, -0.05) is 48.5 Å². The van der Waals surface area contributed by atoms with E-state index in [2.05, 4.69) is 27.3 Å². The van der Waals surface area contributed by atoms with Crippen molar-refractivity contribution in [1.29, 1.82) is 0 Å². The largest absolute Gasteiger partial charge is 0.326 e. The van der Waals surface area contributed by atoms with Crippen molar-refractivity contribution in [3.05, 3.63) is 107 Å². The lowest BCUT2D eigenvalue weighted by atomic mass is 9.95. The van der Waals surface area contributed by atoms with Crippen LogP contribution in [0, 0.1) is 5.82 Å². The number of likely N-dealkylation sites (tertiary alicyclic amines) is 1.